The number of alkyl halides is 1. The molecule has 96 valence electrons. The summed E-state index contributed by atoms with van der Waals surface area (Å²) in [5, 5.41) is 3.60. The molecule has 0 aromatic heterocycles. The monoisotopic (exact) mass is 317 g/mol. The highest BCUT2D eigenvalue weighted by Gasteiger charge is 2.16. The van der Waals surface area contributed by atoms with Gasteiger partial charge in [0.2, 0.25) is 0 Å². The van der Waals surface area contributed by atoms with Crippen LogP contribution in [0.3, 0.4) is 0 Å². The Labute approximate surface area is 118 Å². The van der Waals surface area contributed by atoms with Crippen molar-refractivity contribution in [3.05, 3.63) is 34.3 Å². The molecule has 0 aliphatic heterocycles. The van der Waals surface area contributed by atoms with Gasteiger partial charge in [-0.2, -0.15) is 0 Å². The number of hydrogen-bond acceptors (Lipinski definition) is 1. The van der Waals surface area contributed by atoms with Gasteiger partial charge in [0.15, 0.2) is 0 Å². The van der Waals surface area contributed by atoms with Crippen molar-refractivity contribution in [2.45, 2.75) is 39.1 Å². The summed E-state index contributed by atoms with van der Waals surface area (Å²) in [4.78, 5) is 0. The van der Waals surface area contributed by atoms with Gasteiger partial charge in [-0.1, -0.05) is 48.8 Å². The molecule has 17 heavy (non-hydrogen) atoms. The molecule has 1 nitrogen and oxygen atoms in total. The van der Waals surface area contributed by atoms with Gasteiger partial charge in [-0.15, -0.1) is 11.6 Å². The Morgan fingerprint density at radius 1 is 1.24 bits per heavy atom. The Balaban J connectivity index is 2.26. The van der Waals surface area contributed by atoms with E-state index in [1.54, 1.807) is 0 Å². The van der Waals surface area contributed by atoms with E-state index in [4.69, 9.17) is 11.6 Å². The molecule has 0 fully saturated rings. The number of rotatable bonds is 5. The molecule has 0 spiro atoms. The van der Waals surface area contributed by atoms with Crippen molar-refractivity contribution in [2.24, 2.45) is 5.41 Å². The van der Waals surface area contributed by atoms with E-state index in [2.05, 4.69) is 66.3 Å². The average molecular weight is 319 g/mol. The minimum absolute atomic E-state index is 0.199. The first kappa shape index (κ1) is 15.0. The maximum atomic E-state index is 6.29. The maximum absolute atomic E-state index is 6.29. The summed E-state index contributed by atoms with van der Waals surface area (Å²) in [6.07, 6.45) is 1.03. The third kappa shape index (κ3) is 7.07. The molecule has 1 aromatic rings. The van der Waals surface area contributed by atoms with Crippen molar-refractivity contribution in [1.29, 1.82) is 0 Å². The number of hydrogen-bond donors (Lipinski definition) is 1. The molecule has 1 N–H and O–H groups in total. The van der Waals surface area contributed by atoms with Crippen molar-refractivity contribution < 1.29 is 0 Å². The normalized spacial score (nSPS) is 13.7. The van der Waals surface area contributed by atoms with Gasteiger partial charge in [-0.25, -0.2) is 0 Å². The number of halogens is 2. The predicted octanol–water partition coefficient (Wildman–Crippen LogP) is 4.58. The highest BCUT2D eigenvalue weighted by molar-refractivity contribution is 9.10. The molecule has 0 saturated carbocycles. The van der Waals surface area contributed by atoms with Crippen LogP contribution in [0.4, 0.5) is 0 Å². The topological polar surface area (TPSA) is 12.0 Å². The van der Waals surface area contributed by atoms with E-state index in [0.29, 0.717) is 5.41 Å². The summed E-state index contributed by atoms with van der Waals surface area (Å²) in [6.45, 7) is 8.39. The van der Waals surface area contributed by atoms with Crippen LogP contribution in [0.5, 0.6) is 0 Å². The Morgan fingerprint density at radius 2 is 1.82 bits per heavy atom. The first-order valence-electron chi connectivity index (χ1n) is 5.96. The Morgan fingerprint density at radius 3 is 2.35 bits per heavy atom. The molecule has 0 aliphatic carbocycles. The van der Waals surface area contributed by atoms with Gasteiger partial charge in [0, 0.05) is 22.9 Å². The molecule has 1 rings (SSSR count). The Hall–Kier alpha value is -0.0500. The highest BCUT2D eigenvalue weighted by Crippen LogP contribution is 2.23. The van der Waals surface area contributed by atoms with E-state index in [9.17, 15) is 0 Å². The van der Waals surface area contributed by atoms with Crippen LogP contribution in [0.2, 0.25) is 0 Å². The van der Waals surface area contributed by atoms with Crippen molar-refractivity contribution in [2.75, 3.05) is 6.54 Å². The van der Waals surface area contributed by atoms with Crippen LogP contribution in [-0.2, 0) is 6.54 Å². The van der Waals surface area contributed by atoms with Crippen LogP contribution in [0, 0.1) is 5.41 Å². The number of benzene rings is 1. The molecular weight excluding hydrogens is 298 g/mol. The van der Waals surface area contributed by atoms with E-state index in [0.717, 1.165) is 24.0 Å². The van der Waals surface area contributed by atoms with E-state index < -0.39 is 0 Å². The van der Waals surface area contributed by atoms with Crippen LogP contribution in [0.15, 0.2) is 28.7 Å². The fourth-order valence-electron chi connectivity index (χ4n) is 1.71. The predicted molar refractivity (Wildman–Crippen MR) is 79.6 cm³/mol. The number of nitrogens with one attached hydrogen (secondary N) is 1. The lowest BCUT2D eigenvalue weighted by atomic mass is 9.90. The molecule has 0 amide bonds. The summed E-state index contributed by atoms with van der Waals surface area (Å²) in [6, 6.07) is 8.35. The minimum Gasteiger partial charge on any atom is -0.311 e. The van der Waals surface area contributed by atoms with Gasteiger partial charge in [0.05, 0.1) is 0 Å². The summed E-state index contributed by atoms with van der Waals surface area (Å²) in [5.74, 6) is 0. The zero-order chi connectivity index (χ0) is 12.9. The minimum atomic E-state index is 0.199. The zero-order valence-electron chi connectivity index (χ0n) is 10.8. The fourth-order valence-corrected chi connectivity index (χ4v) is 2.55. The summed E-state index contributed by atoms with van der Waals surface area (Å²) < 4.78 is 1.12. The lowest BCUT2D eigenvalue weighted by Gasteiger charge is -2.22. The second-order valence-corrected chi connectivity index (χ2v) is 7.15. The van der Waals surface area contributed by atoms with Crippen molar-refractivity contribution in [1.82, 2.24) is 5.32 Å². The van der Waals surface area contributed by atoms with Crippen LogP contribution in [-0.4, -0.2) is 11.9 Å². The third-order valence-corrected chi connectivity index (χ3v) is 3.28. The molecule has 0 bridgehead atoms. The van der Waals surface area contributed by atoms with Crippen molar-refractivity contribution in [3.8, 4) is 0 Å². The SMILES string of the molecule is CC(C)(C)CC(Cl)CNCc1ccc(Br)cc1. The molecule has 1 atom stereocenters. The van der Waals surface area contributed by atoms with E-state index in [-0.39, 0.29) is 5.38 Å². The smallest absolute Gasteiger partial charge is 0.0465 e. The lowest BCUT2D eigenvalue weighted by Crippen LogP contribution is -2.26. The third-order valence-electron chi connectivity index (χ3n) is 2.44. The Kier molecular flexibility index (Phi) is 5.98. The van der Waals surface area contributed by atoms with Gasteiger partial charge in [-0.05, 0) is 29.5 Å². The average Bonchev–Trinajstić information content (AvgIpc) is 2.18. The second-order valence-electron chi connectivity index (χ2n) is 5.62. The van der Waals surface area contributed by atoms with Gasteiger partial charge in [0.1, 0.15) is 0 Å². The molecule has 0 saturated heterocycles. The molecule has 0 aliphatic rings. The Bertz CT molecular complexity index is 329. The standard InChI is InChI=1S/C14H21BrClN/c1-14(2,3)8-13(16)10-17-9-11-4-6-12(15)7-5-11/h4-7,13,17H,8-10H2,1-3H3. The maximum Gasteiger partial charge on any atom is 0.0465 e. The van der Waals surface area contributed by atoms with Gasteiger partial charge < -0.3 is 5.32 Å². The van der Waals surface area contributed by atoms with E-state index in [1.165, 1.54) is 5.56 Å². The summed E-state index contributed by atoms with van der Waals surface area (Å²) in [7, 11) is 0. The summed E-state index contributed by atoms with van der Waals surface area (Å²) >= 11 is 9.72. The second kappa shape index (κ2) is 6.77. The lowest BCUT2D eigenvalue weighted by molar-refractivity contribution is 0.364. The van der Waals surface area contributed by atoms with Gasteiger partial charge in [-0.3, -0.25) is 0 Å². The highest BCUT2D eigenvalue weighted by atomic mass is 79.9. The van der Waals surface area contributed by atoms with Gasteiger partial charge >= 0.3 is 0 Å². The molecule has 1 aromatic carbocycles. The van der Waals surface area contributed by atoms with Gasteiger partial charge in [0.25, 0.3) is 0 Å². The molecule has 3 heteroatoms. The van der Waals surface area contributed by atoms with Crippen molar-refractivity contribution in [3.63, 3.8) is 0 Å². The van der Waals surface area contributed by atoms with E-state index >= 15 is 0 Å². The summed E-state index contributed by atoms with van der Waals surface area (Å²) in [5.41, 5.74) is 1.58. The molecule has 0 heterocycles. The molecule has 0 radical (unpaired) electrons. The first-order chi connectivity index (χ1) is 7.87. The van der Waals surface area contributed by atoms with Crippen LogP contribution >= 0.6 is 27.5 Å². The fraction of sp³-hybridized carbons (Fsp3) is 0.571. The van der Waals surface area contributed by atoms with Crippen molar-refractivity contribution >= 4 is 27.5 Å². The quantitative estimate of drug-likeness (QED) is 0.783. The van der Waals surface area contributed by atoms with Crippen LogP contribution in [0.1, 0.15) is 32.8 Å². The first-order valence-corrected chi connectivity index (χ1v) is 7.19. The van der Waals surface area contributed by atoms with Crippen LogP contribution < -0.4 is 5.32 Å². The largest absolute Gasteiger partial charge is 0.311 e. The van der Waals surface area contributed by atoms with E-state index in [1.807, 2.05) is 0 Å². The molecular formula is C14H21BrClN. The zero-order valence-corrected chi connectivity index (χ0v) is 13.1. The van der Waals surface area contributed by atoms with Crippen LogP contribution in [0.25, 0.3) is 0 Å². The molecule has 1 unspecified atom stereocenters.